The zero-order valence-electron chi connectivity index (χ0n) is 14.8. The van der Waals surface area contributed by atoms with E-state index < -0.39 is 0 Å². The van der Waals surface area contributed by atoms with Crippen molar-refractivity contribution in [2.24, 2.45) is 5.92 Å². The highest BCUT2D eigenvalue weighted by Crippen LogP contribution is 2.30. The molecule has 0 aliphatic heterocycles. The first-order chi connectivity index (χ1) is 12.1. The quantitative estimate of drug-likeness (QED) is 0.802. The van der Waals surface area contributed by atoms with Crippen LogP contribution in [-0.4, -0.2) is 35.1 Å². The molecule has 0 bridgehead atoms. The van der Waals surface area contributed by atoms with E-state index in [9.17, 15) is 9.59 Å². The monoisotopic (exact) mass is 347 g/mol. The third kappa shape index (κ3) is 3.76. The van der Waals surface area contributed by atoms with Crippen LogP contribution in [0.5, 0.6) is 0 Å². The van der Waals surface area contributed by atoms with Crippen LogP contribution in [0, 0.1) is 12.8 Å². The number of furan rings is 1. The van der Waals surface area contributed by atoms with Gasteiger partial charge in [0.15, 0.2) is 0 Å². The van der Waals surface area contributed by atoms with E-state index in [0.29, 0.717) is 24.8 Å². The molecule has 2 heterocycles. The van der Waals surface area contributed by atoms with Crippen molar-refractivity contribution in [3.05, 3.63) is 28.0 Å². The molecule has 7 heteroatoms. The van der Waals surface area contributed by atoms with Crippen LogP contribution >= 0.6 is 0 Å². The third-order valence-corrected chi connectivity index (χ3v) is 4.92. The van der Waals surface area contributed by atoms with Gasteiger partial charge in [-0.25, -0.2) is 4.98 Å². The maximum Gasteiger partial charge on any atom is 0.262 e. The Morgan fingerprint density at radius 3 is 2.96 bits per heavy atom. The molecule has 3 rings (SSSR count). The SMILES string of the molecule is CCOC(CCNC(=O)c1c(C)oc2nc[nH]c(=O)c12)C1CCCC1. The van der Waals surface area contributed by atoms with Gasteiger partial charge in [-0.1, -0.05) is 12.8 Å². The molecule has 0 saturated heterocycles. The predicted octanol–water partition coefficient (Wildman–Crippen LogP) is 2.54. The van der Waals surface area contributed by atoms with Crippen LogP contribution in [0.2, 0.25) is 0 Å². The number of aromatic nitrogens is 2. The second kappa shape index (κ2) is 7.82. The summed E-state index contributed by atoms with van der Waals surface area (Å²) in [4.78, 5) is 31.0. The lowest BCUT2D eigenvalue weighted by Crippen LogP contribution is -2.31. The zero-order valence-corrected chi connectivity index (χ0v) is 14.8. The Kier molecular flexibility index (Phi) is 5.53. The summed E-state index contributed by atoms with van der Waals surface area (Å²) >= 11 is 0. The number of nitrogens with one attached hydrogen (secondary N) is 2. The van der Waals surface area contributed by atoms with Crippen molar-refractivity contribution in [1.82, 2.24) is 15.3 Å². The predicted molar refractivity (Wildman–Crippen MR) is 93.7 cm³/mol. The van der Waals surface area contributed by atoms with Crippen molar-refractivity contribution >= 4 is 17.0 Å². The number of amides is 1. The number of ether oxygens (including phenoxy) is 1. The first-order valence-corrected chi connectivity index (χ1v) is 8.98. The molecule has 1 saturated carbocycles. The van der Waals surface area contributed by atoms with Gasteiger partial charge in [-0.2, -0.15) is 0 Å². The molecule has 136 valence electrons. The minimum Gasteiger partial charge on any atom is -0.442 e. The average molecular weight is 347 g/mol. The van der Waals surface area contributed by atoms with Crippen molar-refractivity contribution < 1.29 is 13.9 Å². The number of hydrogen-bond donors (Lipinski definition) is 2. The lowest BCUT2D eigenvalue weighted by Gasteiger charge is -2.23. The second-order valence-corrected chi connectivity index (χ2v) is 6.53. The molecule has 0 radical (unpaired) electrons. The number of nitrogens with zero attached hydrogens (tertiary/aromatic N) is 1. The first kappa shape index (κ1) is 17.7. The van der Waals surface area contributed by atoms with E-state index >= 15 is 0 Å². The smallest absolute Gasteiger partial charge is 0.262 e. The van der Waals surface area contributed by atoms with E-state index in [1.807, 2.05) is 6.92 Å². The second-order valence-electron chi connectivity index (χ2n) is 6.53. The fourth-order valence-electron chi connectivity index (χ4n) is 3.74. The van der Waals surface area contributed by atoms with Gasteiger partial charge in [0.05, 0.1) is 18.0 Å². The number of H-pyrrole nitrogens is 1. The molecule has 1 fully saturated rings. The molecular formula is C18H25N3O4. The van der Waals surface area contributed by atoms with Gasteiger partial charge in [0, 0.05) is 13.2 Å². The lowest BCUT2D eigenvalue weighted by atomic mass is 9.98. The lowest BCUT2D eigenvalue weighted by molar-refractivity contribution is 0.0163. The van der Waals surface area contributed by atoms with Gasteiger partial charge in [0.1, 0.15) is 11.1 Å². The Hall–Kier alpha value is -2.15. The van der Waals surface area contributed by atoms with Gasteiger partial charge in [-0.05, 0) is 39.0 Å². The van der Waals surface area contributed by atoms with Crippen molar-refractivity contribution in [2.75, 3.05) is 13.2 Å². The minimum absolute atomic E-state index is 0.181. The van der Waals surface area contributed by atoms with Gasteiger partial charge >= 0.3 is 0 Å². The topological polar surface area (TPSA) is 97.2 Å². The maximum absolute atomic E-state index is 12.6. The summed E-state index contributed by atoms with van der Waals surface area (Å²) < 4.78 is 11.3. The maximum atomic E-state index is 12.6. The number of carbonyl (C=O) groups is 1. The van der Waals surface area contributed by atoms with Gasteiger partial charge in [0.2, 0.25) is 5.71 Å². The highest BCUT2D eigenvalue weighted by atomic mass is 16.5. The average Bonchev–Trinajstić information content (AvgIpc) is 3.21. The van der Waals surface area contributed by atoms with E-state index in [0.717, 1.165) is 6.42 Å². The largest absolute Gasteiger partial charge is 0.442 e. The van der Waals surface area contributed by atoms with Gasteiger partial charge in [0.25, 0.3) is 11.5 Å². The van der Waals surface area contributed by atoms with Crippen LogP contribution in [0.4, 0.5) is 0 Å². The number of aryl methyl sites for hydroxylation is 1. The van der Waals surface area contributed by atoms with E-state index in [1.165, 1.54) is 32.0 Å². The summed E-state index contributed by atoms with van der Waals surface area (Å²) in [5.74, 6) is 0.672. The molecule has 1 unspecified atom stereocenters. The molecular weight excluding hydrogens is 322 g/mol. The molecule has 25 heavy (non-hydrogen) atoms. The molecule has 2 aromatic rings. The normalized spacial score (nSPS) is 16.4. The van der Waals surface area contributed by atoms with Crippen LogP contribution < -0.4 is 10.9 Å². The molecule has 2 N–H and O–H groups in total. The Labute approximate surface area is 146 Å². The van der Waals surface area contributed by atoms with Crippen molar-refractivity contribution in [2.45, 2.75) is 52.1 Å². The molecule has 1 aliphatic carbocycles. The molecule has 0 spiro atoms. The number of aromatic amines is 1. The summed E-state index contributed by atoms with van der Waals surface area (Å²) in [5.41, 5.74) is 0.0767. The third-order valence-electron chi connectivity index (χ3n) is 4.92. The van der Waals surface area contributed by atoms with E-state index in [1.54, 1.807) is 6.92 Å². The summed E-state index contributed by atoms with van der Waals surface area (Å²) in [7, 11) is 0. The fraction of sp³-hybridized carbons (Fsp3) is 0.611. The van der Waals surface area contributed by atoms with Crippen LogP contribution in [-0.2, 0) is 4.74 Å². The standard InChI is InChI=1S/C18H25N3O4/c1-3-24-13(12-6-4-5-7-12)8-9-19-16(22)14-11(2)25-18-15(14)17(23)20-10-21-18/h10,12-13H,3-9H2,1-2H3,(H,19,22)(H,20,21,23). The van der Waals surface area contributed by atoms with Crippen LogP contribution in [0.1, 0.15) is 55.1 Å². The highest BCUT2D eigenvalue weighted by molar-refractivity contribution is 6.06. The first-order valence-electron chi connectivity index (χ1n) is 8.98. The molecule has 1 atom stereocenters. The zero-order chi connectivity index (χ0) is 17.8. The number of rotatable bonds is 7. The fourth-order valence-corrected chi connectivity index (χ4v) is 3.74. The number of fused-ring (bicyclic) bond motifs is 1. The van der Waals surface area contributed by atoms with Crippen molar-refractivity contribution in [1.29, 1.82) is 0 Å². The minimum atomic E-state index is -0.370. The summed E-state index contributed by atoms with van der Waals surface area (Å²) in [6, 6.07) is 0. The summed E-state index contributed by atoms with van der Waals surface area (Å²) in [6.07, 6.45) is 7.14. The van der Waals surface area contributed by atoms with Gasteiger partial charge < -0.3 is 19.5 Å². The van der Waals surface area contributed by atoms with E-state index in [-0.39, 0.29) is 34.2 Å². The van der Waals surface area contributed by atoms with Crippen molar-refractivity contribution in [3.63, 3.8) is 0 Å². The van der Waals surface area contributed by atoms with E-state index in [4.69, 9.17) is 9.15 Å². The van der Waals surface area contributed by atoms with Crippen LogP contribution in [0.3, 0.4) is 0 Å². The van der Waals surface area contributed by atoms with Crippen LogP contribution in [0.25, 0.3) is 11.1 Å². The Morgan fingerprint density at radius 1 is 1.48 bits per heavy atom. The molecule has 2 aromatic heterocycles. The summed E-state index contributed by atoms with van der Waals surface area (Å²) in [5, 5.41) is 3.10. The Balaban J connectivity index is 1.66. The van der Waals surface area contributed by atoms with Crippen molar-refractivity contribution in [3.8, 4) is 0 Å². The molecule has 1 aliphatic rings. The Morgan fingerprint density at radius 2 is 2.24 bits per heavy atom. The Bertz CT molecular complexity index is 789. The number of carbonyl (C=O) groups excluding carboxylic acids is 1. The molecule has 7 nitrogen and oxygen atoms in total. The molecule has 1 amide bonds. The number of hydrogen-bond acceptors (Lipinski definition) is 5. The van der Waals surface area contributed by atoms with Gasteiger partial charge in [-0.15, -0.1) is 0 Å². The summed E-state index contributed by atoms with van der Waals surface area (Å²) in [6.45, 7) is 4.85. The molecule has 0 aromatic carbocycles. The van der Waals surface area contributed by atoms with Gasteiger partial charge in [-0.3, -0.25) is 9.59 Å². The highest BCUT2D eigenvalue weighted by Gasteiger charge is 2.26. The van der Waals surface area contributed by atoms with E-state index in [2.05, 4.69) is 15.3 Å². The van der Waals surface area contributed by atoms with Crippen LogP contribution in [0.15, 0.2) is 15.5 Å².